The van der Waals surface area contributed by atoms with Crippen molar-refractivity contribution >= 4 is 11.8 Å². The predicted octanol–water partition coefficient (Wildman–Crippen LogP) is 2.88. The lowest BCUT2D eigenvalue weighted by Crippen LogP contribution is -2.20. The van der Waals surface area contributed by atoms with Gasteiger partial charge in [0.05, 0.1) is 0 Å². The molecule has 26 heavy (non-hydrogen) atoms. The fraction of sp³-hybridized carbons (Fsp3) is 0.300. The highest BCUT2D eigenvalue weighted by atomic mass is 16.6. The molecule has 0 saturated heterocycles. The number of carbonyl (C=O) groups excluding carboxylic acids is 2. The van der Waals surface area contributed by atoms with Crippen LogP contribution in [-0.2, 0) is 9.53 Å². The van der Waals surface area contributed by atoms with Crippen LogP contribution in [0.1, 0.15) is 21.5 Å². The maximum atomic E-state index is 12.2. The van der Waals surface area contributed by atoms with Crippen molar-refractivity contribution in [2.24, 2.45) is 0 Å². The molecule has 2 aromatic rings. The van der Waals surface area contributed by atoms with Gasteiger partial charge in [0.15, 0.2) is 30.5 Å². The van der Waals surface area contributed by atoms with Crippen LogP contribution in [-0.4, -0.2) is 38.2 Å². The number of ketones is 1. The molecule has 6 heteroatoms. The van der Waals surface area contributed by atoms with Gasteiger partial charge in [-0.2, -0.15) is 0 Å². The van der Waals surface area contributed by atoms with E-state index >= 15 is 0 Å². The van der Waals surface area contributed by atoms with Crippen molar-refractivity contribution in [1.29, 1.82) is 0 Å². The topological polar surface area (TPSA) is 71.1 Å². The summed E-state index contributed by atoms with van der Waals surface area (Å²) in [5, 5.41) is 0. The molecule has 0 amide bonds. The first-order valence-corrected chi connectivity index (χ1v) is 8.31. The van der Waals surface area contributed by atoms with Crippen molar-refractivity contribution in [3.63, 3.8) is 0 Å². The van der Waals surface area contributed by atoms with E-state index in [-0.39, 0.29) is 19.0 Å². The fourth-order valence-corrected chi connectivity index (χ4v) is 2.59. The normalized spacial score (nSPS) is 12.4. The van der Waals surface area contributed by atoms with Gasteiger partial charge in [-0.05, 0) is 43.7 Å². The second-order valence-electron chi connectivity index (χ2n) is 6.00. The van der Waals surface area contributed by atoms with Crippen molar-refractivity contribution in [3.8, 4) is 17.2 Å². The molecule has 0 spiro atoms. The monoisotopic (exact) mass is 356 g/mol. The Labute approximate surface area is 151 Å². The number of hydrogen-bond donors (Lipinski definition) is 0. The molecule has 0 fully saturated rings. The van der Waals surface area contributed by atoms with Gasteiger partial charge in [-0.15, -0.1) is 0 Å². The zero-order valence-corrected chi connectivity index (χ0v) is 14.7. The minimum absolute atomic E-state index is 0.252. The summed E-state index contributed by atoms with van der Waals surface area (Å²) in [6, 6.07) is 10.6. The van der Waals surface area contributed by atoms with Gasteiger partial charge in [-0.3, -0.25) is 4.79 Å². The number of hydrogen-bond acceptors (Lipinski definition) is 6. The van der Waals surface area contributed by atoms with E-state index in [1.165, 1.54) is 0 Å². The van der Waals surface area contributed by atoms with Gasteiger partial charge in [0.2, 0.25) is 0 Å². The standard InChI is InChI=1S/C20H20O6/c1-13-3-5-17(14(2)9-13)25-12-20(22)26-11-16(21)15-4-6-18-19(10-15)24-8-7-23-18/h3-6,9-10H,7-8,11-12H2,1-2H3. The Morgan fingerprint density at radius 3 is 2.50 bits per heavy atom. The van der Waals surface area contributed by atoms with Crippen molar-refractivity contribution in [1.82, 2.24) is 0 Å². The van der Waals surface area contributed by atoms with Gasteiger partial charge < -0.3 is 18.9 Å². The third-order valence-electron chi connectivity index (χ3n) is 3.90. The summed E-state index contributed by atoms with van der Waals surface area (Å²) in [6.45, 7) is 4.20. The Morgan fingerprint density at radius 2 is 1.73 bits per heavy atom. The second kappa shape index (κ2) is 7.91. The van der Waals surface area contributed by atoms with E-state index < -0.39 is 5.97 Å². The quantitative estimate of drug-likeness (QED) is 0.585. The summed E-state index contributed by atoms with van der Waals surface area (Å²) in [7, 11) is 0. The van der Waals surface area contributed by atoms with Crippen LogP contribution < -0.4 is 14.2 Å². The summed E-state index contributed by atoms with van der Waals surface area (Å²) in [6.07, 6.45) is 0. The first kappa shape index (κ1) is 17.8. The Hall–Kier alpha value is -3.02. The summed E-state index contributed by atoms with van der Waals surface area (Å²) in [4.78, 5) is 24.0. The van der Waals surface area contributed by atoms with E-state index in [0.717, 1.165) is 11.1 Å². The number of aryl methyl sites for hydroxylation is 2. The molecule has 0 unspecified atom stereocenters. The highest BCUT2D eigenvalue weighted by Gasteiger charge is 2.16. The third-order valence-corrected chi connectivity index (χ3v) is 3.90. The molecule has 2 aromatic carbocycles. The SMILES string of the molecule is Cc1ccc(OCC(=O)OCC(=O)c2ccc3c(c2)OCCO3)c(C)c1. The highest BCUT2D eigenvalue weighted by molar-refractivity contribution is 5.98. The zero-order valence-electron chi connectivity index (χ0n) is 14.7. The van der Waals surface area contributed by atoms with Crippen LogP contribution in [0.25, 0.3) is 0 Å². The minimum Gasteiger partial charge on any atom is -0.486 e. The molecular formula is C20H20O6. The highest BCUT2D eigenvalue weighted by Crippen LogP contribution is 2.30. The maximum Gasteiger partial charge on any atom is 0.344 e. The van der Waals surface area contributed by atoms with Crippen molar-refractivity contribution in [2.45, 2.75) is 13.8 Å². The van der Waals surface area contributed by atoms with Gasteiger partial charge in [0, 0.05) is 5.56 Å². The number of carbonyl (C=O) groups is 2. The maximum absolute atomic E-state index is 12.2. The second-order valence-corrected chi connectivity index (χ2v) is 6.00. The van der Waals surface area contributed by atoms with E-state index in [9.17, 15) is 9.59 Å². The Bertz CT molecular complexity index is 827. The van der Waals surface area contributed by atoms with Gasteiger partial charge in [-0.1, -0.05) is 17.7 Å². The van der Waals surface area contributed by atoms with Gasteiger partial charge in [-0.25, -0.2) is 4.79 Å². The van der Waals surface area contributed by atoms with Crippen LogP contribution in [0.4, 0.5) is 0 Å². The predicted molar refractivity (Wildman–Crippen MR) is 94.1 cm³/mol. The number of benzene rings is 2. The molecule has 1 aliphatic rings. The molecule has 3 rings (SSSR count). The number of esters is 1. The average molecular weight is 356 g/mol. The first-order chi connectivity index (χ1) is 12.5. The van der Waals surface area contributed by atoms with Crippen LogP contribution in [0.5, 0.6) is 17.2 Å². The van der Waals surface area contributed by atoms with Gasteiger partial charge >= 0.3 is 5.97 Å². The molecule has 0 radical (unpaired) electrons. The molecule has 136 valence electrons. The van der Waals surface area contributed by atoms with Crippen LogP contribution >= 0.6 is 0 Å². The van der Waals surface area contributed by atoms with E-state index in [1.54, 1.807) is 24.3 Å². The van der Waals surface area contributed by atoms with Crippen molar-refractivity contribution in [3.05, 3.63) is 53.1 Å². The summed E-state index contributed by atoms with van der Waals surface area (Å²) >= 11 is 0. The summed E-state index contributed by atoms with van der Waals surface area (Å²) in [5.41, 5.74) is 2.45. The molecule has 0 N–H and O–H groups in total. The molecule has 0 aliphatic carbocycles. The first-order valence-electron chi connectivity index (χ1n) is 8.31. The number of ether oxygens (including phenoxy) is 4. The number of fused-ring (bicyclic) bond motifs is 1. The lowest BCUT2D eigenvalue weighted by atomic mass is 10.1. The molecule has 1 heterocycles. The Balaban J connectivity index is 1.50. The zero-order chi connectivity index (χ0) is 18.5. The lowest BCUT2D eigenvalue weighted by molar-refractivity contribution is -0.144. The summed E-state index contributed by atoms with van der Waals surface area (Å²) in [5.74, 6) is 0.821. The molecule has 0 saturated carbocycles. The molecular weight excluding hydrogens is 336 g/mol. The molecule has 0 bridgehead atoms. The largest absolute Gasteiger partial charge is 0.486 e. The molecule has 1 aliphatic heterocycles. The van der Waals surface area contributed by atoms with Crippen LogP contribution in [0.3, 0.4) is 0 Å². The van der Waals surface area contributed by atoms with Gasteiger partial charge in [0.25, 0.3) is 0 Å². The average Bonchev–Trinajstić information content (AvgIpc) is 2.65. The van der Waals surface area contributed by atoms with Crippen LogP contribution in [0, 0.1) is 13.8 Å². The smallest absolute Gasteiger partial charge is 0.344 e. The summed E-state index contributed by atoms with van der Waals surface area (Å²) < 4.78 is 21.3. The molecule has 6 nitrogen and oxygen atoms in total. The lowest BCUT2D eigenvalue weighted by Gasteiger charge is -2.18. The molecule has 0 atom stereocenters. The van der Waals surface area contributed by atoms with E-state index in [1.807, 2.05) is 26.0 Å². The number of rotatable bonds is 6. The van der Waals surface area contributed by atoms with Crippen molar-refractivity contribution < 1.29 is 28.5 Å². The van der Waals surface area contributed by atoms with Crippen molar-refractivity contribution in [2.75, 3.05) is 26.4 Å². The van der Waals surface area contributed by atoms with E-state index in [0.29, 0.717) is 36.0 Å². The fourth-order valence-electron chi connectivity index (χ4n) is 2.59. The Morgan fingerprint density at radius 1 is 0.962 bits per heavy atom. The van der Waals surface area contributed by atoms with E-state index in [2.05, 4.69) is 0 Å². The van der Waals surface area contributed by atoms with Crippen LogP contribution in [0.2, 0.25) is 0 Å². The van der Waals surface area contributed by atoms with Gasteiger partial charge in [0.1, 0.15) is 19.0 Å². The number of Topliss-reactive ketones (excluding diaryl/α,β-unsaturated/α-hetero) is 1. The van der Waals surface area contributed by atoms with Crippen LogP contribution in [0.15, 0.2) is 36.4 Å². The third kappa shape index (κ3) is 4.33. The minimum atomic E-state index is -0.601. The molecule has 0 aromatic heterocycles. The van der Waals surface area contributed by atoms with E-state index in [4.69, 9.17) is 18.9 Å². The Kier molecular flexibility index (Phi) is 5.41.